The largest absolute Gasteiger partial charge is 0.309 e. The van der Waals surface area contributed by atoms with Crippen molar-refractivity contribution in [2.24, 2.45) is 0 Å². The van der Waals surface area contributed by atoms with Gasteiger partial charge in [0.25, 0.3) is 0 Å². The number of nitrogens with zero attached hydrogens (tertiary/aromatic N) is 5. The second kappa shape index (κ2) is 6.36. The lowest BCUT2D eigenvalue weighted by molar-refractivity contribution is 0.198. The van der Waals surface area contributed by atoms with Crippen LogP contribution in [0.2, 0.25) is 0 Å². The zero-order valence-corrected chi connectivity index (χ0v) is 13.3. The van der Waals surface area contributed by atoms with E-state index in [1.165, 1.54) is 6.42 Å². The second-order valence-electron chi connectivity index (χ2n) is 5.94. The van der Waals surface area contributed by atoms with Crippen molar-refractivity contribution in [1.82, 2.24) is 24.8 Å². The zero-order valence-electron chi connectivity index (χ0n) is 13.3. The lowest BCUT2D eigenvalue weighted by atomic mass is 10.2. The van der Waals surface area contributed by atoms with Crippen LogP contribution >= 0.6 is 0 Å². The molecule has 1 fully saturated rings. The van der Waals surface area contributed by atoms with Crippen LogP contribution in [0.3, 0.4) is 0 Å². The van der Waals surface area contributed by atoms with Crippen LogP contribution in [0.1, 0.15) is 44.2 Å². The average molecular weight is 298 g/mol. The molecular formula is C16H22N6. The molecule has 0 spiro atoms. The Morgan fingerprint density at radius 1 is 1.23 bits per heavy atom. The monoisotopic (exact) mass is 298 g/mol. The van der Waals surface area contributed by atoms with Crippen LogP contribution in [-0.4, -0.2) is 37.4 Å². The van der Waals surface area contributed by atoms with Crippen LogP contribution in [-0.2, 0) is 0 Å². The Hall–Kier alpha value is -2.08. The van der Waals surface area contributed by atoms with E-state index in [-0.39, 0.29) is 0 Å². The molecular weight excluding hydrogens is 276 g/mol. The molecule has 0 saturated carbocycles. The Bertz CT molecular complexity index is 628. The number of likely N-dealkylation sites (tertiary alicyclic amines) is 1. The maximum Gasteiger partial charge on any atom is 0.228 e. The first-order chi connectivity index (χ1) is 10.6. The van der Waals surface area contributed by atoms with Gasteiger partial charge in [-0.05, 0) is 46.2 Å². The molecule has 3 heterocycles. The van der Waals surface area contributed by atoms with Crippen LogP contribution in [0.5, 0.6) is 0 Å². The van der Waals surface area contributed by atoms with Gasteiger partial charge in [-0.1, -0.05) is 0 Å². The Labute approximate surface area is 131 Å². The Kier molecular flexibility index (Phi) is 4.29. The Morgan fingerprint density at radius 2 is 2.00 bits per heavy atom. The van der Waals surface area contributed by atoms with Crippen molar-refractivity contribution < 1.29 is 0 Å². The van der Waals surface area contributed by atoms with Gasteiger partial charge in [-0.2, -0.15) is 0 Å². The van der Waals surface area contributed by atoms with Gasteiger partial charge in [-0.15, -0.1) is 0 Å². The number of hydrogen-bond acceptors (Lipinski definition) is 6. The third-order valence-corrected chi connectivity index (χ3v) is 3.93. The first-order valence-electron chi connectivity index (χ1n) is 7.79. The Balaban J connectivity index is 1.87. The summed E-state index contributed by atoms with van der Waals surface area (Å²) in [6, 6.07) is 4.53. The smallest absolute Gasteiger partial charge is 0.228 e. The number of anilines is 2. The van der Waals surface area contributed by atoms with Gasteiger partial charge >= 0.3 is 0 Å². The van der Waals surface area contributed by atoms with Gasteiger partial charge < -0.3 is 5.32 Å². The minimum Gasteiger partial charge on any atom is -0.309 e. The topological polar surface area (TPSA) is 66.8 Å². The lowest BCUT2D eigenvalue weighted by Crippen LogP contribution is -2.31. The third kappa shape index (κ3) is 3.22. The minimum absolute atomic E-state index is 0.303. The molecule has 2 aromatic rings. The molecule has 0 aromatic carbocycles. The van der Waals surface area contributed by atoms with E-state index in [4.69, 9.17) is 4.98 Å². The fourth-order valence-electron chi connectivity index (χ4n) is 2.97. The molecule has 0 bridgehead atoms. The predicted molar refractivity (Wildman–Crippen MR) is 85.9 cm³/mol. The summed E-state index contributed by atoms with van der Waals surface area (Å²) in [6.45, 7) is 7.57. The number of aryl methyl sites for hydroxylation is 1. The van der Waals surface area contributed by atoms with Gasteiger partial charge in [0.2, 0.25) is 5.95 Å². The van der Waals surface area contributed by atoms with E-state index in [0.29, 0.717) is 18.0 Å². The first-order valence-corrected chi connectivity index (χ1v) is 7.79. The molecule has 1 saturated heterocycles. The van der Waals surface area contributed by atoms with Gasteiger partial charge in [0, 0.05) is 30.2 Å². The summed E-state index contributed by atoms with van der Waals surface area (Å²) < 4.78 is 0. The standard InChI is InChI=1S/C16H22N6/c1-11(2)22-9-4-6-13(22)15-19-12(3)10-14(20-15)21-16-17-7-5-8-18-16/h5,7-8,10-11,13H,4,6,9H2,1-3H3,(H,17,18,19,20,21)/t13-/m1/s1. The van der Waals surface area contributed by atoms with Crippen LogP contribution in [0.15, 0.2) is 24.5 Å². The van der Waals surface area contributed by atoms with Gasteiger partial charge in [-0.3, -0.25) is 4.90 Å². The second-order valence-corrected chi connectivity index (χ2v) is 5.94. The highest BCUT2D eigenvalue weighted by atomic mass is 15.2. The van der Waals surface area contributed by atoms with Crippen molar-refractivity contribution in [3.63, 3.8) is 0 Å². The van der Waals surface area contributed by atoms with E-state index >= 15 is 0 Å². The van der Waals surface area contributed by atoms with Gasteiger partial charge in [0.15, 0.2) is 0 Å². The Morgan fingerprint density at radius 3 is 2.73 bits per heavy atom. The highest BCUT2D eigenvalue weighted by molar-refractivity contribution is 5.47. The van der Waals surface area contributed by atoms with Gasteiger partial charge in [-0.25, -0.2) is 19.9 Å². The van der Waals surface area contributed by atoms with E-state index in [1.54, 1.807) is 18.5 Å². The molecule has 1 aliphatic heterocycles. The maximum atomic E-state index is 4.70. The molecule has 0 radical (unpaired) electrons. The van der Waals surface area contributed by atoms with E-state index in [1.807, 2.05) is 13.0 Å². The van der Waals surface area contributed by atoms with E-state index in [9.17, 15) is 0 Å². The minimum atomic E-state index is 0.303. The maximum absolute atomic E-state index is 4.70. The molecule has 3 rings (SSSR count). The highest BCUT2D eigenvalue weighted by Crippen LogP contribution is 2.32. The summed E-state index contributed by atoms with van der Waals surface area (Å²) in [7, 11) is 0. The van der Waals surface area contributed by atoms with Gasteiger partial charge in [0.05, 0.1) is 6.04 Å². The van der Waals surface area contributed by atoms with Crippen LogP contribution < -0.4 is 5.32 Å². The molecule has 6 nitrogen and oxygen atoms in total. The fourth-order valence-corrected chi connectivity index (χ4v) is 2.97. The summed E-state index contributed by atoms with van der Waals surface area (Å²) in [6.07, 6.45) is 5.73. The number of aromatic nitrogens is 4. The molecule has 0 amide bonds. The quantitative estimate of drug-likeness (QED) is 0.936. The SMILES string of the molecule is Cc1cc(Nc2ncccn2)nc([C@H]2CCCN2C(C)C)n1. The zero-order chi connectivity index (χ0) is 15.5. The van der Waals surface area contributed by atoms with Crippen LogP contribution in [0, 0.1) is 6.92 Å². The fraction of sp³-hybridized carbons (Fsp3) is 0.500. The lowest BCUT2D eigenvalue weighted by Gasteiger charge is -2.27. The molecule has 0 aliphatic carbocycles. The summed E-state index contributed by atoms with van der Waals surface area (Å²) in [4.78, 5) is 20.2. The van der Waals surface area contributed by atoms with Gasteiger partial charge in [0.1, 0.15) is 11.6 Å². The summed E-state index contributed by atoms with van der Waals surface area (Å²) in [5.74, 6) is 2.20. The summed E-state index contributed by atoms with van der Waals surface area (Å²) in [5, 5.41) is 3.16. The normalized spacial score (nSPS) is 18.8. The van der Waals surface area contributed by atoms with Crippen molar-refractivity contribution in [3.05, 3.63) is 36.0 Å². The average Bonchev–Trinajstić information content (AvgIpc) is 2.97. The van der Waals surface area contributed by atoms with Crippen molar-refractivity contribution in [2.75, 3.05) is 11.9 Å². The molecule has 0 unspecified atom stereocenters. The van der Waals surface area contributed by atoms with Crippen molar-refractivity contribution in [1.29, 1.82) is 0 Å². The molecule has 2 aromatic heterocycles. The molecule has 1 atom stereocenters. The van der Waals surface area contributed by atoms with Crippen LogP contribution in [0.25, 0.3) is 0 Å². The number of rotatable bonds is 4. The van der Waals surface area contributed by atoms with E-state index in [0.717, 1.165) is 30.3 Å². The van der Waals surface area contributed by atoms with E-state index < -0.39 is 0 Å². The van der Waals surface area contributed by atoms with Crippen molar-refractivity contribution >= 4 is 11.8 Å². The first kappa shape index (κ1) is 14.8. The third-order valence-electron chi connectivity index (χ3n) is 3.93. The predicted octanol–water partition coefficient (Wildman–Crippen LogP) is 2.86. The summed E-state index contributed by atoms with van der Waals surface area (Å²) >= 11 is 0. The number of nitrogens with one attached hydrogen (secondary N) is 1. The van der Waals surface area contributed by atoms with Crippen LogP contribution in [0.4, 0.5) is 11.8 Å². The summed E-state index contributed by atoms with van der Waals surface area (Å²) in [5.41, 5.74) is 0.957. The molecule has 1 aliphatic rings. The van der Waals surface area contributed by atoms with Crippen molar-refractivity contribution in [2.45, 2.75) is 45.7 Å². The number of hydrogen-bond donors (Lipinski definition) is 1. The molecule has 22 heavy (non-hydrogen) atoms. The molecule has 6 heteroatoms. The van der Waals surface area contributed by atoms with E-state index in [2.05, 4.69) is 39.0 Å². The van der Waals surface area contributed by atoms with Crippen molar-refractivity contribution in [3.8, 4) is 0 Å². The highest BCUT2D eigenvalue weighted by Gasteiger charge is 2.30. The molecule has 1 N–H and O–H groups in total. The molecule has 116 valence electrons.